The highest BCUT2D eigenvalue weighted by atomic mass is 16.6. The Morgan fingerprint density at radius 2 is 0.615 bits per heavy atom. The van der Waals surface area contributed by atoms with Crippen LogP contribution in [0.1, 0.15) is 265 Å². The zero-order valence-corrected chi connectivity index (χ0v) is 42.7. The monoisotopic (exact) mass is 907 g/mol. The van der Waals surface area contributed by atoms with E-state index in [1.807, 2.05) is 0 Å². The van der Waals surface area contributed by atoms with Gasteiger partial charge in [-0.25, -0.2) is 0 Å². The van der Waals surface area contributed by atoms with Gasteiger partial charge in [0.05, 0.1) is 0 Å². The molecule has 0 fully saturated rings. The number of esters is 3. The molecule has 0 amide bonds. The molecule has 6 heteroatoms. The first-order chi connectivity index (χ1) is 32.0. The van der Waals surface area contributed by atoms with Crippen LogP contribution in [0.5, 0.6) is 0 Å². The minimum atomic E-state index is -0.808. The molecular weight excluding hydrogens is 805 g/mol. The maximum atomic E-state index is 12.8. The first-order valence-corrected chi connectivity index (χ1v) is 27.4. The van der Waals surface area contributed by atoms with Crippen molar-refractivity contribution in [2.24, 2.45) is 0 Å². The van der Waals surface area contributed by atoms with E-state index >= 15 is 0 Å². The van der Waals surface area contributed by atoms with Crippen LogP contribution in [-0.4, -0.2) is 37.2 Å². The minimum Gasteiger partial charge on any atom is -0.462 e. The molecule has 1 atom stereocenters. The van der Waals surface area contributed by atoms with Crippen molar-refractivity contribution in [1.82, 2.24) is 0 Å². The predicted molar refractivity (Wildman–Crippen MR) is 279 cm³/mol. The number of rotatable bonds is 49. The maximum Gasteiger partial charge on any atom is 0.306 e. The second kappa shape index (κ2) is 53.5. The number of carbonyl (C=O) groups excluding carboxylic acids is 3. The van der Waals surface area contributed by atoms with E-state index in [0.29, 0.717) is 19.3 Å². The highest BCUT2D eigenvalue weighted by Gasteiger charge is 2.19. The van der Waals surface area contributed by atoms with Crippen molar-refractivity contribution < 1.29 is 28.6 Å². The van der Waals surface area contributed by atoms with E-state index in [-0.39, 0.29) is 37.5 Å². The van der Waals surface area contributed by atoms with Crippen LogP contribution in [0.15, 0.2) is 72.9 Å². The van der Waals surface area contributed by atoms with E-state index < -0.39 is 6.10 Å². The summed E-state index contributed by atoms with van der Waals surface area (Å²) >= 11 is 0. The summed E-state index contributed by atoms with van der Waals surface area (Å²) < 4.78 is 16.8. The van der Waals surface area contributed by atoms with Crippen LogP contribution in [-0.2, 0) is 28.6 Å². The van der Waals surface area contributed by atoms with E-state index in [9.17, 15) is 14.4 Å². The highest BCUT2D eigenvalue weighted by Crippen LogP contribution is 2.16. The molecule has 0 aliphatic rings. The van der Waals surface area contributed by atoms with E-state index in [1.165, 1.54) is 122 Å². The van der Waals surface area contributed by atoms with Crippen LogP contribution in [0.25, 0.3) is 0 Å². The van der Waals surface area contributed by atoms with Crippen LogP contribution < -0.4 is 0 Å². The van der Waals surface area contributed by atoms with E-state index in [2.05, 4.69) is 93.7 Å². The Bertz CT molecular complexity index is 1230. The van der Waals surface area contributed by atoms with Gasteiger partial charge in [0.25, 0.3) is 0 Å². The minimum absolute atomic E-state index is 0.0998. The molecule has 0 N–H and O–H groups in total. The van der Waals surface area contributed by atoms with Crippen molar-refractivity contribution >= 4 is 17.9 Å². The largest absolute Gasteiger partial charge is 0.462 e. The SMILES string of the molecule is CC/C=C\C/C=C\CCCCCCCC(=O)OCC(COC(=O)CCCCCCCCCCCCCCCCCCCC)OC(=O)CCC/C=C\C/C=C\C/C=C\C/C=C\CCCCC. The van der Waals surface area contributed by atoms with Gasteiger partial charge in [-0.1, -0.05) is 235 Å². The number of carbonyl (C=O) groups is 3. The quantitative estimate of drug-likeness (QED) is 0.0262. The zero-order valence-electron chi connectivity index (χ0n) is 42.7. The van der Waals surface area contributed by atoms with E-state index in [0.717, 1.165) is 96.3 Å². The molecule has 0 heterocycles. The van der Waals surface area contributed by atoms with Gasteiger partial charge in [0.2, 0.25) is 0 Å². The van der Waals surface area contributed by atoms with Gasteiger partial charge in [-0.2, -0.15) is 0 Å². The lowest BCUT2D eigenvalue weighted by atomic mass is 10.0. The van der Waals surface area contributed by atoms with E-state index in [4.69, 9.17) is 14.2 Å². The first kappa shape index (κ1) is 61.9. The fourth-order valence-electron chi connectivity index (χ4n) is 7.59. The number of unbranched alkanes of at least 4 members (excludes halogenated alkanes) is 26. The molecule has 0 rings (SSSR count). The second-order valence-corrected chi connectivity index (χ2v) is 18.1. The molecule has 0 bridgehead atoms. The molecule has 0 aliphatic heterocycles. The van der Waals surface area contributed by atoms with Crippen molar-refractivity contribution in [1.29, 1.82) is 0 Å². The summed E-state index contributed by atoms with van der Waals surface area (Å²) in [4.78, 5) is 38.0. The Morgan fingerprint density at radius 3 is 1.02 bits per heavy atom. The van der Waals surface area contributed by atoms with Gasteiger partial charge in [-0.05, 0) is 83.5 Å². The van der Waals surface area contributed by atoms with Crippen LogP contribution >= 0.6 is 0 Å². The fourth-order valence-corrected chi connectivity index (χ4v) is 7.59. The van der Waals surface area contributed by atoms with Crippen molar-refractivity contribution in [2.75, 3.05) is 13.2 Å². The lowest BCUT2D eigenvalue weighted by Crippen LogP contribution is -2.30. The molecule has 0 aromatic carbocycles. The van der Waals surface area contributed by atoms with Gasteiger partial charge in [-0.15, -0.1) is 0 Å². The first-order valence-electron chi connectivity index (χ1n) is 27.4. The summed E-state index contributed by atoms with van der Waals surface area (Å²) in [5, 5.41) is 0. The number of hydrogen-bond donors (Lipinski definition) is 0. The Morgan fingerprint density at radius 1 is 0.323 bits per heavy atom. The van der Waals surface area contributed by atoms with Crippen molar-refractivity contribution in [3.63, 3.8) is 0 Å². The topological polar surface area (TPSA) is 78.9 Å². The van der Waals surface area contributed by atoms with Crippen molar-refractivity contribution in [3.05, 3.63) is 72.9 Å². The molecule has 0 aliphatic carbocycles. The molecule has 0 aromatic rings. The summed E-state index contributed by atoms with van der Waals surface area (Å²) in [5.74, 6) is -0.966. The smallest absolute Gasteiger partial charge is 0.306 e. The number of ether oxygens (including phenoxy) is 3. The third-order valence-corrected chi connectivity index (χ3v) is 11.7. The molecule has 1 unspecified atom stereocenters. The van der Waals surface area contributed by atoms with Crippen LogP contribution in [0.3, 0.4) is 0 Å². The maximum absolute atomic E-state index is 12.8. The Kier molecular flexibility index (Phi) is 50.9. The van der Waals surface area contributed by atoms with Gasteiger partial charge in [0, 0.05) is 19.3 Å². The van der Waals surface area contributed by atoms with Gasteiger partial charge in [0.15, 0.2) is 6.10 Å². The Labute approximate surface area is 402 Å². The third-order valence-electron chi connectivity index (χ3n) is 11.7. The fraction of sp³-hybridized carbons (Fsp3) is 0.746. The predicted octanol–water partition coefficient (Wildman–Crippen LogP) is 18.2. The lowest BCUT2D eigenvalue weighted by molar-refractivity contribution is -0.167. The lowest BCUT2D eigenvalue weighted by Gasteiger charge is -2.18. The summed E-state index contributed by atoms with van der Waals surface area (Å²) in [6.45, 7) is 6.46. The standard InChI is InChI=1S/C59H102O6/c1-4-7-10-13-16-19-22-25-27-29-31-32-34-37-40-43-46-49-52-58(61)64-55-56(54-63-57(60)51-48-45-42-39-36-24-21-18-15-12-9-6-3)65-59(62)53-50-47-44-41-38-35-33-30-28-26-23-20-17-14-11-8-5-2/h9,12,17-18,20-21,26,28,33,35,41,44,56H,4-8,10-11,13-16,19,22-25,27,29-32,34,36-40,42-43,45-55H2,1-3H3/b12-9-,20-17-,21-18-,28-26-,35-33-,44-41-. The average molecular weight is 907 g/mol. The highest BCUT2D eigenvalue weighted by molar-refractivity contribution is 5.71. The van der Waals surface area contributed by atoms with Gasteiger partial charge in [0.1, 0.15) is 13.2 Å². The van der Waals surface area contributed by atoms with Crippen LogP contribution in [0.4, 0.5) is 0 Å². The Hall–Kier alpha value is -3.15. The number of hydrogen-bond acceptors (Lipinski definition) is 6. The molecular formula is C59H102O6. The molecule has 0 aromatic heterocycles. The average Bonchev–Trinajstić information content (AvgIpc) is 3.30. The Balaban J connectivity index is 4.43. The van der Waals surface area contributed by atoms with Crippen LogP contribution in [0.2, 0.25) is 0 Å². The van der Waals surface area contributed by atoms with Crippen molar-refractivity contribution in [2.45, 2.75) is 271 Å². The van der Waals surface area contributed by atoms with E-state index in [1.54, 1.807) is 0 Å². The molecule has 0 spiro atoms. The summed E-state index contributed by atoms with van der Waals surface area (Å²) in [5.41, 5.74) is 0. The van der Waals surface area contributed by atoms with Gasteiger partial charge >= 0.3 is 17.9 Å². The van der Waals surface area contributed by atoms with Gasteiger partial charge in [-0.3, -0.25) is 14.4 Å². The zero-order chi connectivity index (χ0) is 47.2. The summed E-state index contributed by atoms with van der Waals surface area (Å²) in [6.07, 6.45) is 67.6. The van der Waals surface area contributed by atoms with Gasteiger partial charge < -0.3 is 14.2 Å². The molecule has 6 nitrogen and oxygen atoms in total. The summed E-state index contributed by atoms with van der Waals surface area (Å²) in [6, 6.07) is 0. The molecule has 0 radical (unpaired) electrons. The third kappa shape index (κ3) is 51.7. The molecule has 374 valence electrons. The normalized spacial score (nSPS) is 12.6. The second-order valence-electron chi connectivity index (χ2n) is 18.1. The van der Waals surface area contributed by atoms with Crippen LogP contribution in [0, 0.1) is 0 Å². The van der Waals surface area contributed by atoms with Crippen molar-refractivity contribution in [3.8, 4) is 0 Å². The molecule has 0 saturated heterocycles. The molecule has 0 saturated carbocycles. The summed E-state index contributed by atoms with van der Waals surface area (Å²) in [7, 11) is 0. The number of allylic oxidation sites excluding steroid dienone is 12. The molecule has 65 heavy (non-hydrogen) atoms.